The van der Waals surface area contributed by atoms with Gasteiger partial charge in [-0.1, -0.05) is 104 Å². The zero-order valence-electron chi connectivity index (χ0n) is 36.5. The molecule has 0 unspecified atom stereocenters. The highest BCUT2D eigenvalue weighted by Crippen LogP contribution is 2.27. The summed E-state index contributed by atoms with van der Waals surface area (Å²) < 4.78 is 12.6. The van der Waals surface area contributed by atoms with Crippen molar-refractivity contribution in [3.05, 3.63) is 59.7 Å². The molecule has 0 radical (unpaired) electrons. The molecule has 2 aliphatic rings. The number of carbonyl (C=O) groups is 2. The Balaban J connectivity index is 1.03. The van der Waals surface area contributed by atoms with E-state index in [1.54, 1.807) is 10.1 Å². The number of unbranched alkanes of at least 4 members (excludes halogenated alkanes) is 14. The van der Waals surface area contributed by atoms with E-state index in [2.05, 4.69) is 62.6 Å². The fourth-order valence-electron chi connectivity index (χ4n) is 7.70. The summed E-state index contributed by atoms with van der Waals surface area (Å²) in [6, 6.07) is 12.5. The minimum absolute atomic E-state index is 0.0479. The van der Waals surface area contributed by atoms with Crippen LogP contribution in [0.4, 0.5) is 11.4 Å². The summed E-state index contributed by atoms with van der Waals surface area (Å²) in [4.78, 5) is 35.9. The maximum atomic E-state index is 12.5. The fourth-order valence-corrected chi connectivity index (χ4v) is 7.70. The Labute approximate surface area is 350 Å². The van der Waals surface area contributed by atoms with E-state index in [0.29, 0.717) is 26.2 Å². The van der Waals surface area contributed by atoms with E-state index in [4.69, 9.17) is 19.1 Å². The van der Waals surface area contributed by atoms with Gasteiger partial charge >= 0.3 is 11.9 Å². The lowest BCUT2D eigenvalue weighted by Crippen LogP contribution is -2.39. The van der Waals surface area contributed by atoms with Gasteiger partial charge < -0.3 is 29.8 Å². The van der Waals surface area contributed by atoms with Crippen LogP contribution in [0.5, 0.6) is 11.5 Å². The number of hydroxylamine groups is 4. The summed E-state index contributed by atoms with van der Waals surface area (Å²) in [5.74, 6) is 0.527. The predicted molar refractivity (Wildman–Crippen MR) is 236 cm³/mol. The summed E-state index contributed by atoms with van der Waals surface area (Å²) >= 11 is 0. The standard InChI is InChI=1S/C48H76N4O6/c1-5-7-9-11-13-15-17-19-31-49-45-23-21-43(37-39(45)3)55-41-27-33-51(34-28-41)57-47(53)25-26-48(54)58-52-35-29-42(30-36-52)56-44-22-24-46(40(4)38-44)50-32-20-18-16-14-12-10-8-6-2/h21-26,37-38,41-42,49-50H,5-20,27-36H2,1-4H3/b26-25+. The fraction of sp³-hybridized carbons (Fsp3) is 0.667. The molecular weight excluding hydrogens is 729 g/mol. The lowest BCUT2D eigenvalue weighted by atomic mass is 10.1. The van der Waals surface area contributed by atoms with Gasteiger partial charge in [0.05, 0.1) is 0 Å². The van der Waals surface area contributed by atoms with Crippen molar-refractivity contribution < 1.29 is 28.7 Å². The Morgan fingerprint density at radius 1 is 0.552 bits per heavy atom. The molecule has 2 saturated heterocycles. The highest BCUT2D eigenvalue weighted by atomic mass is 16.7. The number of carbonyl (C=O) groups excluding carboxylic acids is 2. The van der Waals surface area contributed by atoms with Crippen molar-refractivity contribution in [2.24, 2.45) is 0 Å². The number of nitrogens with one attached hydrogen (secondary N) is 2. The molecule has 0 bridgehead atoms. The molecule has 2 aliphatic heterocycles. The van der Waals surface area contributed by atoms with Gasteiger partial charge in [-0.05, 0) is 74.2 Å². The van der Waals surface area contributed by atoms with Crippen LogP contribution < -0.4 is 20.1 Å². The van der Waals surface area contributed by atoms with Gasteiger partial charge in [-0.25, -0.2) is 9.59 Å². The van der Waals surface area contributed by atoms with Gasteiger partial charge in [-0.2, -0.15) is 0 Å². The van der Waals surface area contributed by atoms with Gasteiger partial charge in [-0.3, -0.25) is 0 Å². The van der Waals surface area contributed by atoms with Gasteiger partial charge in [0.15, 0.2) is 0 Å². The van der Waals surface area contributed by atoms with E-state index < -0.39 is 11.9 Å². The van der Waals surface area contributed by atoms with Crippen molar-refractivity contribution >= 4 is 23.3 Å². The number of hydrogen-bond donors (Lipinski definition) is 2. The summed E-state index contributed by atoms with van der Waals surface area (Å²) in [5.41, 5.74) is 4.67. The summed E-state index contributed by atoms with van der Waals surface area (Å²) in [7, 11) is 0. The van der Waals surface area contributed by atoms with Crippen LogP contribution in [0.25, 0.3) is 0 Å². The first-order valence-corrected chi connectivity index (χ1v) is 23.0. The molecule has 10 heteroatoms. The first-order valence-electron chi connectivity index (χ1n) is 23.0. The van der Waals surface area contributed by atoms with Crippen LogP contribution in [0.15, 0.2) is 48.6 Å². The van der Waals surface area contributed by atoms with Crippen LogP contribution >= 0.6 is 0 Å². The Bertz CT molecular complexity index is 1380. The van der Waals surface area contributed by atoms with E-state index in [1.165, 1.54) is 114 Å². The summed E-state index contributed by atoms with van der Waals surface area (Å²) in [6.07, 6.45) is 26.4. The number of rotatable bonds is 28. The molecule has 0 aliphatic carbocycles. The number of benzene rings is 2. The molecule has 0 aromatic heterocycles. The third-order valence-corrected chi connectivity index (χ3v) is 11.3. The average Bonchev–Trinajstić information content (AvgIpc) is 3.21. The van der Waals surface area contributed by atoms with Crippen molar-refractivity contribution in [1.29, 1.82) is 0 Å². The quantitative estimate of drug-likeness (QED) is 0.0638. The molecule has 2 aromatic carbocycles. The molecule has 10 nitrogen and oxygen atoms in total. The van der Waals surface area contributed by atoms with Crippen LogP contribution in [-0.4, -0.2) is 73.5 Å². The van der Waals surface area contributed by atoms with E-state index in [9.17, 15) is 9.59 Å². The molecule has 0 spiro atoms. The minimum atomic E-state index is -0.598. The Kier molecular flexibility index (Phi) is 22.5. The molecule has 4 rings (SSSR count). The van der Waals surface area contributed by atoms with Crippen LogP contribution in [0.1, 0.15) is 153 Å². The van der Waals surface area contributed by atoms with Gasteiger partial charge in [0.25, 0.3) is 0 Å². The first-order chi connectivity index (χ1) is 28.3. The van der Waals surface area contributed by atoms with E-state index >= 15 is 0 Å². The lowest BCUT2D eigenvalue weighted by molar-refractivity contribution is -0.194. The SMILES string of the molecule is CCCCCCCCCCNc1ccc(OC2CCN(OC(=O)/C=C/C(=O)ON3CCC(Oc4ccc(NCCCCCCCCCC)c(C)c4)CC3)CC2)cc1C. The first kappa shape index (κ1) is 46.9. The van der Waals surface area contributed by atoms with Crippen LogP contribution in [-0.2, 0) is 19.3 Å². The monoisotopic (exact) mass is 805 g/mol. The Hall–Kier alpha value is -3.76. The number of hydrogen-bond acceptors (Lipinski definition) is 10. The van der Waals surface area contributed by atoms with Crippen LogP contribution in [0, 0.1) is 13.8 Å². The van der Waals surface area contributed by atoms with E-state index in [-0.39, 0.29) is 12.2 Å². The third kappa shape index (κ3) is 18.9. The molecule has 58 heavy (non-hydrogen) atoms. The zero-order chi connectivity index (χ0) is 41.2. The van der Waals surface area contributed by atoms with E-state index in [0.717, 1.165) is 73.8 Å². The lowest BCUT2D eigenvalue weighted by Gasteiger charge is -2.30. The largest absolute Gasteiger partial charge is 0.490 e. The number of nitrogens with zero attached hydrogens (tertiary/aromatic N) is 2. The third-order valence-electron chi connectivity index (χ3n) is 11.3. The van der Waals surface area contributed by atoms with Gasteiger partial charge in [0.1, 0.15) is 23.7 Å². The van der Waals surface area contributed by atoms with Crippen LogP contribution in [0.2, 0.25) is 0 Å². The highest BCUT2D eigenvalue weighted by Gasteiger charge is 2.25. The van der Waals surface area contributed by atoms with Crippen molar-refractivity contribution in [2.75, 3.05) is 49.9 Å². The number of aryl methyl sites for hydroxylation is 2. The number of ether oxygens (including phenoxy) is 2. The molecule has 2 fully saturated rings. The van der Waals surface area contributed by atoms with Crippen molar-refractivity contribution in [3.63, 3.8) is 0 Å². The van der Waals surface area contributed by atoms with Gasteiger partial charge in [0, 0.05) is 88.5 Å². The Morgan fingerprint density at radius 3 is 1.24 bits per heavy atom. The second kappa shape index (κ2) is 27.8. The maximum absolute atomic E-state index is 12.5. The van der Waals surface area contributed by atoms with Crippen LogP contribution in [0.3, 0.4) is 0 Å². The summed E-state index contributed by atoms with van der Waals surface area (Å²) in [5, 5.41) is 10.4. The second-order valence-electron chi connectivity index (χ2n) is 16.4. The molecular formula is C48H76N4O6. The van der Waals surface area contributed by atoms with Crippen molar-refractivity contribution in [2.45, 2.75) is 168 Å². The molecule has 2 heterocycles. The minimum Gasteiger partial charge on any atom is -0.490 e. The molecule has 0 amide bonds. The molecule has 2 N–H and O–H groups in total. The normalized spacial score (nSPS) is 15.7. The van der Waals surface area contributed by atoms with Gasteiger partial charge in [-0.15, -0.1) is 10.1 Å². The predicted octanol–water partition coefficient (Wildman–Crippen LogP) is 11.3. The van der Waals surface area contributed by atoms with Crippen molar-refractivity contribution in [1.82, 2.24) is 10.1 Å². The van der Waals surface area contributed by atoms with Gasteiger partial charge in [0.2, 0.25) is 0 Å². The number of piperidine rings is 2. The second-order valence-corrected chi connectivity index (χ2v) is 16.4. The van der Waals surface area contributed by atoms with E-state index in [1.807, 2.05) is 12.1 Å². The van der Waals surface area contributed by atoms with Crippen molar-refractivity contribution in [3.8, 4) is 11.5 Å². The molecule has 2 aromatic rings. The Morgan fingerprint density at radius 2 is 0.897 bits per heavy atom. The molecule has 324 valence electrons. The average molecular weight is 805 g/mol. The number of anilines is 2. The smallest absolute Gasteiger partial charge is 0.349 e. The molecule has 0 atom stereocenters. The topological polar surface area (TPSA) is 102 Å². The maximum Gasteiger partial charge on any atom is 0.349 e. The molecule has 0 saturated carbocycles. The zero-order valence-corrected chi connectivity index (χ0v) is 36.5. The highest BCUT2D eigenvalue weighted by molar-refractivity contribution is 5.91. The summed E-state index contributed by atoms with van der Waals surface area (Å²) in [6.45, 7) is 13.0.